The SMILES string of the molecule is Cn1ncnc1CNc1ccc(-c2ccccc2)cc1. The highest BCUT2D eigenvalue weighted by atomic mass is 15.3. The van der Waals surface area contributed by atoms with Crippen LogP contribution in [-0.2, 0) is 13.6 Å². The van der Waals surface area contributed by atoms with Gasteiger partial charge in [0.15, 0.2) is 0 Å². The molecule has 0 aliphatic rings. The zero-order valence-electron chi connectivity index (χ0n) is 11.3. The first-order valence-electron chi connectivity index (χ1n) is 6.55. The van der Waals surface area contributed by atoms with E-state index in [4.69, 9.17) is 0 Å². The van der Waals surface area contributed by atoms with Gasteiger partial charge in [-0.15, -0.1) is 0 Å². The second-order valence-electron chi connectivity index (χ2n) is 4.60. The number of benzene rings is 2. The lowest BCUT2D eigenvalue weighted by atomic mass is 10.1. The van der Waals surface area contributed by atoms with E-state index in [1.165, 1.54) is 11.1 Å². The summed E-state index contributed by atoms with van der Waals surface area (Å²) >= 11 is 0. The van der Waals surface area contributed by atoms with E-state index in [0.717, 1.165) is 11.5 Å². The Labute approximate surface area is 118 Å². The third-order valence-corrected chi connectivity index (χ3v) is 3.25. The normalized spacial score (nSPS) is 10.4. The molecular weight excluding hydrogens is 248 g/mol. The maximum atomic E-state index is 4.19. The molecular formula is C16H16N4. The first-order valence-corrected chi connectivity index (χ1v) is 6.55. The molecule has 4 nitrogen and oxygen atoms in total. The van der Waals surface area contributed by atoms with Gasteiger partial charge in [0, 0.05) is 12.7 Å². The molecule has 3 rings (SSSR count). The van der Waals surface area contributed by atoms with Gasteiger partial charge in [0.1, 0.15) is 12.2 Å². The van der Waals surface area contributed by atoms with Crippen LogP contribution < -0.4 is 5.32 Å². The van der Waals surface area contributed by atoms with E-state index in [1.807, 2.05) is 13.1 Å². The fourth-order valence-electron chi connectivity index (χ4n) is 2.07. The van der Waals surface area contributed by atoms with Gasteiger partial charge in [-0.3, -0.25) is 4.68 Å². The molecule has 0 aliphatic carbocycles. The molecule has 0 spiro atoms. The van der Waals surface area contributed by atoms with Crippen molar-refractivity contribution in [3.8, 4) is 11.1 Å². The van der Waals surface area contributed by atoms with Crippen LogP contribution in [0.25, 0.3) is 11.1 Å². The van der Waals surface area contributed by atoms with Crippen molar-refractivity contribution in [2.45, 2.75) is 6.54 Å². The summed E-state index contributed by atoms with van der Waals surface area (Å²) in [4.78, 5) is 4.19. The summed E-state index contributed by atoms with van der Waals surface area (Å²) in [6.07, 6.45) is 1.56. The van der Waals surface area contributed by atoms with Gasteiger partial charge >= 0.3 is 0 Å². The number of nitrogens with one attached hydrogen (secondary N) is 1. The molecule has 0 unspecified atom stereocenters. The third-order valence-electron chi connectivity index (χ3n) is 3.25. The Kier molecular flexibility index (Phi) is 3.46. The maximum Gasteiger partial charge on any atom is 0.145 e. The summed E-state index contributed by atoms with van der Waals surface area (Å²) in [5, 5.41) is 7.39. The Morgan fingerprint density at radius 2 is 1.65 bits per heavy atom. The summed E-state index contributed by atoms with van der Waals surface area (Å²) in [5.41, 5.74) is 3.52. The lowest BCUT2D eigenvalue weighted by Gasteiger charge is -2.07. The molecule has 0 fully saturated rings. The Hall–Kier alpha value is -2.62. The quantitative estimate of drug-likeness (QED) is 0.787. The van der Waals surface area contributed by atoms with E-state index in [-0.39, 0.29) is 0 Å². The lowest BCUT2D eigenvalue weighted by Crippen LogP contribution is -2.06. The average Bonchev–Trinajstić information content (AvgIpc) is 2.92. The number of hydrogen-bond donors (Lipinski definition) is 1. The zero-order chi connectivity index (χ0) is 13.8. The molecule has 1 N–H and O–H groups in total. The number of aryl methyl sites for hydroxylation is 1. The molecule has 1 aromatic heterocycles. The number of hydrogen-bond acceptors (Lipinski definition) is 3. The van der Waals surface area contributed by atoms with E-state index in [2.05, 4.69) is 63.9 Å². The Morgan fingerprint density at radius 3 is 2.30 bits per heavy atom. The van der Waals surface area contributed by atoms with E-state index in [9.17, 15) is 0 Å². The molecule has 0 saturated heterocycles. The van der Waals surface area contributed by atoms with Gasteiger partial charge in [0.05, 0.1) is 6.54 Å². The van der Waals surface area contributed by atoms with Crippen molar-refractivity contribution in [2.24, 2.45) is 7.05 Å². The standard InChI is InChI=1S/C16H16N4/c1-20-16(18-12-19-20)11-17-15-9-7-14(8-10-15)13-5-3-2-4-6-13/h2-10,12,17H,11H2,1H3. The van der Waals surface area contributed by atoms with Crippen LogP contribution in [0.3, 0.4) is 0 Å². The van der Waals surface area contributed by atoms with Gasteiger partial charge in [-0.2, -0.15) is 5.10 Å². The van der Waals surface area contributed by atoms with Gasteiger partial charge in [0.25, 0.3) is 0 Å². The summed E-state index contributed by atoms with van der Waals surface area (Å²) < 4.78 is 1.77. The van der Waals surface area contributed by atoms with E-state index < -0.39 is 0 Å². The van der Waals surface area contributed by atoms with Crippen molar-refractivity contribution in [1.29, 1.82) is 0 Å². The fourth-order valence-corrected chi connectivity index (χ4v) is 2.07. The zero-order valence-corrected chi connectivity index (χ0v) is 11.3. The van der Waals surface area contributed by atoms with Crippen molar-refractivity contribution < 1.29 is 0 Å². The van der Waals surface area contributed by atoms with E-state index in [1.54, 1.807) is 11.0 Å². The Morgan fingerprint density at radius 1 is 0.950 bits per heavy atom. The number of aromatic nitrogens is 3. The topological polar surface area (TPSA) is 42.7 Å². The molecule has 0 bridgehead atoms. The number of rotatable bonds is 4. The minimum Gasteiger partial charge on any atom is -0.378 e. The van der Waals surface area contributed by atoms with Crippen LogP contribution in [0.5, 0.6) is 0 Å². The van der Waals surface area contributed by atoms with Crippen molar-refractivity contribution in [3.63, 3.8) is 0 Å². The first-order chi connectivity index (χ1) is 9.83. The van der Waals surface area contributed by atoms with E-state index >= 15 is 0 Å². The van der Waals surface area contributed by atoms with Gasteiger partial charge in [0.2, 0.25) is 0 Å². The predicted octanol–water partition coefficient (Wildman–Crippen LogP) is 3.09. The predicted molar refractivity (Wildman–Crippen MR) is 80.2 cm³/mol. The van der Waals surface area contributed by atoms with Crippen LogP contribution in [-0.4, -0.2) is 14.8 Å². The van der Waals surface area contributed by atoms with Crippen molar-refractivity contribution >= 4 is 5.69 Å². The van der Waals surface area contributed by atoms with Crippen LogP contribution in [0.4, 0.5) is 5.69 Å². The van der Waals surface area contributed by atoms with Crippen LogP contribution in [0, 0.1) is 0 Å². The van der Waals surface area contributed by atoms with Crippen LogP contribution >= 0.6 is 0 Å². The molecule has 0 atom stereocenters. The van der Waals surface area contributed by atoms with Gasteiger partial charge < -0.3 is 5.32 Å². The molecule has 0 amide bonds. The second kappa shape index (κ2) is 5.57. The molecule has 4 heteroatoms. The summed E-state index contributed by atoms with van der Waals surface area (Å²) in [5.74, 6) is 0.914. The Balaban J connectivity index is 1.69. The monoisotopic (exact) mass is 264 g/mol. The van der Waals surface area contributed by atoms with Gasteiger partial charge in [-0.05, 0) is 23.3 Å². The molecule has 3 aromatic rings. The average molecular weight is 264 g/mol. The van der Waals surface area contributed by atoms with Gasteiger partial charge in [-0.1, -0.05) is 42.5 Å². The van der Waals surface area contributed by atoms with E-state index in [0.29, 0.717) is 6.54 Å². The van der Waals surface area contributed by atoms with Crippen molar-refractivity contribution in [1.82, 2.24) is 14.8 Å². The molecule has 0 saturated carbocycles. The summed E-state index contributed by atoms with van der Waals surface area (Å²) in [7, 11) is 1.89. The van der Waals surface area contributed by atoms with Crippen molar-refractivity contribution in [2.75, 3.05) is 5.32 Å². The smallest absolute Gasteiger partial charge is 0.145 e. The van der Waals surface area contributed by atoms with Crippen molar-refractivity contribution in [3.05, 3.63) is 66.7 Å². The highest BCUT2D eigenvalue weighted by molar-refractivity contribution is 5.65. The highest BCUT2D eigenvalue weighted by Gasteiger charge is 2.01. The molecule has 1 heterocycles. The molecule has 2 aromatic carbocycles. The molecule has 0 radical (unpaired) electrons. The fraction of sp³-hybridized carbons (Fsp3) is 0.125. The first kappa shape index (κ1) is 12.4. The van der Waals surface area contributed by atoms with Crippen LogP contribution in [0.1, 0.15) is 5.82 Å². The second-order valence-corrected chi connectivity index (χ2v) is 4.60. The highest BCUT2D eigenvalue weighted by Crippen LogP contribution is 2.21. The number of anilines is 1. The molecule has 20 heavy (non-hydrogen) atoms. The molecule has 100 valence electrons. The maximum absolute atomic E-state index is 4.19. The van der Waals surface area contributed by atoms with Crippen LogP contribution in [0.15, 0.2) is 60.9 Å². The third kappa shape index (κ3) is 2.69. The van der Waals surface area contributed by atoms with Gasteiger partial charge in [-0.25, -0.2) is 4.98 Å². The summed E-state index contributed by atoms with van der Waals surface area (Å²) in [6, 6.07) is 18.8. The van der Waals surface area contributed by atoms with Crippen LogP contribution in [0.2, 0.25) is 0 Å². The Bertz CT molecular complexity index is 671. The lowest BCUT2D eigenvalue weighted by molar-refractivity contribution is 0.712. The molecule has 0 aliphatic heterocycles. The number of nitrogens with zero attached hydrogens (tertiary/aromatic N) is 3. The summed E-state index contributed by atoms with van der Waals surface area (Å²) in [6.45, 7) is 0.668. The minimum atomic E-state index is 0.668. The minimum absolute atomic E-state index is 0.668. The largest absolute Gasteiger partial charge is 0.378 e.